The van der Waals surface area contributed by atoms with Crippen LogP contribution in [0.15, 0.2) is 65.6 Å². The molecule has 0 spiro atoms. The fourth-order valence-electron chi connectivity index (χ4n) is 4.21. The Balaban J connectivity index is 1.75. The van der Waals surface area contributed by atoms with Gasteiger partial charge in [0.1, 0.15) is 31.4 Å². The van der Waals surface area contributed by atoms with Gasteiger partial charge >= 0.3 is 0 Å². The predicted octanol–water partition coefficient (Wildman–Crippen LogP) is 6.95. The minimum atomic E-state index is -1.31. The van der Waals surface area contributed by atoms with Gasteiger partial charge in [0.2, 0.25) is 5.43 Å². The standard InChI is InChI=1S/C32H36ClNO7Si/c1-37-25-10-6-22(7-11-25)19-40-28-16-27-29(30(33)32(28)41-20-23-8-12-26(38-2)13-9-23)31(36)24(18-35)17-34(27)21-39-14-15-42(3,4)5/h6-13,16-18H,14-15,19-21H2,1-5H3. The van der Waals surface area contributed by atoms with Crippen LogP contribution in [0, 0.1) is 0 Å². The summed E-state index contributed by atoms with van der Waals surface area (Å²) in [7, 11) is 1.91. The number of rotatable bonds is 14. The largest absolute Gasteiger partial charge is 0.497 e. The summed E-state index contributed by atoms with van der Waals surface area (Å²) < 4.78 is 30.6. The zero-order valence-electron chi connectivity index (χ0n) is 24.6. The summed E-state index contributed by atoms with van der Waals surface area (Å²) in [5.41, 5.74) is 1.73. The molecule has 8 nitrogen and oxygen atoms in total. The first kappa shape index (κ1) is 31.1. The highest BCUT2D eigenvalue weighted by Crippen LogP contribution is 2.41. The topological polar surface area (TPSA) is 85.2 Å². The zero-order chi connectivity index (χ0) is 30.3. The second kappa shape index (κ2) is 13.9. The molecule has 4 rings (SSSR count). The van der Waals surface area contributed by atoms with Crippen LogP contribution in [-0.4, -0.2) is 39.8 Å². The van der Waals surface area contributed by atoms with Crippen molar-refractivity contribution < 1.29 is 28.5 Å². The predicted molar refractivity (Wildman–Crippen MR) is 167 cm³/mol. The molecule has 0 amide bonds. The fourth-order valence-corrected chi connectivity index (χ4v) is 5.30. The molecule has 3 aromatic carbocycles. The number of carbonyl (C=O) groups excluding carboxylic acids is 1. The molecule has 0 radical (unpaired) electrons. The maximum absolute atomic E-state index is 13.4. The highest BCUT2D eigenvalue weighted by atomic mass is 35.5. The Kier molecular flexibility index (Phi) is 10.3. The molecule has 222 valence electrons. The van der Waals surface area contributed by atoms with E-state index in [2.05, 4.69) is 19.6 Å². The van der Waals surface area contributed by atoms with Crippen LogP contribution in [0.3, 0.4) is 0 Å². The van der Waals surface area contributed by atoms with Crippen molar-refractivity contribution >= 4 is 36.9 Å². The van der Waals surface area contributed by atoms with Gasteiger partial charge in [-0.2, -0.15) is 0 Å². The van der Waals surface area contributed by atoms with Gasteiger partial charge in [-0.15, -0.1) is 0 Å². The van der Waals surface area contributed by atoms with Crippen LogP contribution in [0.25, 0.3) is 10.9 Å². The number of aldehydes is 1. The lowest BCUT2D eigenvalue weighted by molar-refractivity contribution is 0.0895. The van der Waals surface area contributed by atoms with E-state index in [-0.39, 0.29) is 41.7 Å². The summed E-state index contributed by atoms with van der Waals surface area (Å²) in [6.45, 7) is 7.91. The van der Waals surface area contributed by atoms with Crippen LogP contribution in [0.1, 0.15) is 21.5 Å². The second-order valence-electron chi connectivity index (χ2n) is 11.0. The molecule has 0 fully saturated rings. The Hall–Kier alpha value is -3.79. The first-order chi connectivity index (χ1) is 20.1. The summed E-state index contributed by atoms with van der Waals surface area (Å²) in [5.74, 6) is 2.02. The third-order valence-corrected chi connectivity index (χ3v) is 8.77. The number of pyridine rings is 1. The van der Waals surface area contributed by atoms with Crippen LogP contribution in [0.5, 0.6) is 23.0 Å². The summed E-state index contributed by atoms with van der Waals surface area (Å²) in [5, 5.41) is 0.229. The SMILES string of the molecule is COc1ccc(COc2cc3c(c(Cl)c2OCc2ccc(OC)cc2)c(=O)c(C=O)cn3COCC[Si](C)(C)C)cc1. The van der Waals surface area contributed by atoms with E-state index in [1.807, 2.05) is 48.5 Å². The maximum Gasteiger partial charge on any atom is 0.201 e. The molecular formula is C32H36ClNO7Si. The van der Waals surface area contributed by atoms with Crippen molar-refractivity contribution in [3.8, 4) is 23.0 Å². The first-order valence-corrected chi connectivity index (χ1v) is 17.7. The molecule has 0 atom stereocenters. The molecule has 0 saturated heterocycles. The van der Waals surface area contributed by atoms with Gasteiger partial charge in [0, 0.05) is 26.9 Å². The van der Waals surface area contributed by atoms with E-state index in [1.165, 1.54) is 6.20 Å². The van der Waals surface area contributed by atoms with Gasteiger partial charge in [-0.1, -0.05) is 55.5 Å². The summed E-state index contributed by atoms with van der Waals surface area (Å²) in [6, 6.07) is 17.6. The number of methoxy groups -OCH3 is 2. The number of aromatic nitrogens is 1. The third-order valence-electron chi connectivity index (χ3n) is 6.71. The number of hydrogen-bond acceptors (Lipinski definition) is 7. The molecule has 1 heterocycles. The van der Waals surface area contributed by atoms with E-state index in [0.29, 0.717) is 24.2 Å². The summed E-state index contributed by atoms with van der Waals surface area (Å²) in [6.07, 6.45) is 2.02. The number of nitrogens with zero attached hydrogens (tertiary/aromatic N) is 1. The van der Waals surface area contributed by atoms with Crippen LogP contribution in [-0.2, 0) is 24.7 Å². The maximum atomic E-state index is 13.4. The molecule has 42 heavy (non-hydrogen) atoms. The van der Waals surface area contributed by atoms with Crippen molar-refractivity contribution in [1.82, 2.24) is 4.57 Å². The van der Waals surface area contributed by atoms with Crippen molar-refractivity contribution in [2.75, 3.05) is 20.8 Å². The number of carbonyl (C=O) groups is 1. The van der Waals surface area contributed by atoms with Crippen molar-refractivity contribution in [2.45, 2.75) is 45.6 Å². The van der Waals surface area contributed by atoms with Crippen LogP contribution in [0.2, 0.25) is 30.7 Å². The molecule has 0 bridgehead atoms. The highest BCUT2D eigenvalue weighted by Gasteiger charge is 2.22. The Morgan fingerprint density at radius 3 is 1.98 bits per heavy atom. The third kappa shape index (κ3) is 7.73. The van der Waals surface area contributed by atoms with Gasteiger partial charge in [0.25, 0.3) is 0 Å². The number of ether oxygens (including phenoxy) is 5. The second-order valence-corrected chi connectivity index (χ2v) is 17.0. The zero-order valence-corrected chi connectivity index (χ0v) is 26.3. The number of hydrogen-bond donors (Lipinski definition) is 0. The molecular weight excluding hydrogens is 574 g/mol. The Labute approximate surface area is 251 Å². The van der Waals surface area contributed by atoms with Gasteiger partial charge in [-0.3, -0.25) is 9.59 Å². The molecule has 4 aromatic rings. The van der Waals surface area contributed by atoms with Gasteiger partial charge in [0.15, 0.2) is 17.8 Å². The lowest BCUT2D eigenvalue weighted by Crippen LogP contribution is -2.22. The number of benzene rings is 3. The van der Waals surface area contributed by atoms with Crippen molar-refractivity contribution in [1.29, 1.82) is 0 Å². The van der Waals surface area contributed by atoms with Crippen LogP contribution in [0.4, 0.5) is 0 Å². The van der Waals surface area contributed by atoms with E-state index >= 15 is 0 Å². The van der Waals surface area contributed by atoms with E-state index in [9.17, 15) is 9.59 Å². The molecule has 0 aliphatic rings. The summed E-state index contributed by atoms with van der Waals surface area (Å²) >= 11 is 6.90. The minimum Gasteiger partial charge on any atom is -0.497 e. The van der Waals surface area contributed by atoms with Crippen molar-refractivity contribution in [3.63, 3.8) is 0 Å². The van der Waals surface area contributed by atoms with Gasteiger partial charge in [-0.05, 0) is 41.4 Å². The fraction of sp³-hybridized carbons (Fsp3) is 0.312. The van der Waals surface area contributed by atoms with E-state index < -0.39 is 13.5 Å². The Morgan fingerprint density at radius 1 is 0.881 bits per heavy atom. The monoisotopic (exact) mass is 609 g/mol. The molecule has 0 aliphatic carbocycles. The lowest BCUT2D eigenvalue weighted by atomic mass is 10.1. The normalized spacial score (nSPS) is 11.4. The van der Waals surface area contributed by atoms with Crippen molar-refractivity contribution in [2.24, 2.45) is 0 Å². The van der Waals surface area contributed by atoms with Crippen molar-refractivity contribution in [3.05, 3.63) is 92.7 Å². The van der Waals surface area contributed by atoms with Gasteiger partial charge in [-0.25, -0.2) is 0 Å². The number of fused-ring (bicyclic) bond motifs is 1. The average Bonchev–Trinajstić information content (AvgIpc) is 2.98. The quantitative estimate of drug-likeness (QED) is 0.0868. The Bertz CT molecular complexity index is 1580. The minimum absolute atomic E-state index is 0.0220. The molecule has 0 N–H and O–H groups in total. The van der Waals surface area contributed by atoms with Crippen LogP contribution < -0.4 is 24.4 Å². The summed E-state index contributed by atoms with van der Waals surface area (Å²) in [4.78, 5) is 25.2. The number of halogens is 1. The molecule has 0 unspecified atom stereocenters. The van der Waals surface area contributed by atoms with E-state index in [1.54, 1.807) is 24.9 Å². The average molecular weight is 610 g/mol. The van der Waals surface area contributed by atoms with E-state index in [4.69, 9.17) is 35.3 Å². The smallest absolute Gasteiger partial charge is 0.201 e. The Morgan fingerprint density at radius 2 is 1.45 bits per heavy atom. The van der Waals surface area contributed by atoms with Gasteiger partial charge in [0.05, 0.1) is 35.7 Å². The molecule has 10 heteroatoms. The molecule has 0 aliphatic heterocycles. The van der Waals surface area contributed by atoms with Crippen LogP contribution >= 0.6 is 11.6 Å². The molecule has 0 saturated carbocycles. The first-order valence-electron chi connectivity index (χ1n) is 13.6. The van der Waals surface area contributed by atoms with E-state index in [0.717, 1.165) is 28.7 Å². The highest BCUT2D eigenvalue weighted by molar-refractivity contribution is 6.76. The van der Waals surface area contributed by atoms with Gasteiger partial charge < -0.3 is 28.3 Å². The molecule has 1 aromatic heterocycles. The lowest BCUT2D eigenvalue weighted by Gasteiger charge is -2.20.